The first-order valence-corrected chi connectivity index (χ1v) is 6.85. The first kappa shape index (κ1) is 14.9. The summed E-state index contributed by atoms with van der Waals surface area (Å²) in [6, 6.07) is 6.53. The second-order valence-electron chi connectivity index (χ2n) is 4.50. The molecule has 1 rings (SSSR count). The van der Waals surface area contributed by atoms with E-state index in [4.69, 9.17) is 12.2 Å². The van der Waals surface area contributed by atoms with Crippen LogP contribution in [0.15, 0.2) is 24.3 Å². The molecule has 1 atom stereocenters. The number of halogens is 1. The summed E-state index contributed by atoms with van der Waals surface area (Å²) in [5, 5.41) is 6.86. The molecular formula is C14H21FN2S. The third-order valence-electron chi connectivity index (χ3n) is 2.72. The standard InChI is InChI=1S/C14H21FN2S/c1-3-4-5-6-11(2)16-14(18)17-13-9-7-12(15)8-10-13/h7-11H,3-6H2,1-2H3,(H2,16,17,18). The molecule has 0 fully saturated rings. The summed E-state index contributed by atoms with van der Waals surface area (Å²) in [6.07, 6.45) is 4.80. The summed E-state index contributed by atoms with van der Waals surface area (Å²) in [4.78, 5) is 0. The Hall–Kier alpha value is -1.16. The Morgan fingerprint density at radius 2 is 1.94 bits per heavy atom. The first-order valence-electron chi connectivity index (χ1n) is 6.45. The van der Waals surface area contributed by atoms with Gasteiger partial charge in [-0.2, -0.15) is 0 Å². The molecule has 0 aliphatic rings. The zero-order chi connectivity index (χ0) is 13.4. The van der Waals surface area contributed by atoms with Crippen molar-refractivity contribution in [3.63, 3.8) is 0 Å². The lowest BCUT2D eigenvalue weighted by atomic mass is 10.1. The maximum Gasteiger partial charge on any atom is 0.170 e. The maximum absolute atomic E-state index is 12.7. The molecule has 1 aromatic rings. The van der Waals surface area contributed by atoms with Gasteiger partial charge in [0.1, 0.15) is 5.82 Å². The minimum atomic E-state index is -0.243. The van der Waals surface area contributed by atoms with Crippen molar-refractivity contribution in [2.45, 2.75) is 45.6 Å². The second-order valence-corrected chi connectivity index (χ2v) is 4.91. The molecule has 0 aromatic heterocycles. The van der Waals surface area contributed by atoms with Crippen LogP contribution in [0.3, 0.4) is 0 Å². The highest BCUT2D eigenvalue weighted by Gasteiger charge is 2.04. The molecule has 18 heavy (non-hydrogen) atoms. The monoisotopic (exact) mass is 268 g/mol. The number of nitrogens with one attached hydrogen (secondary N) is 2. The predicted molar refractivity (Wildman–Crippen MR) is 79.4 cm³/mol. The second kappa shape index (κ2) is 8.03. The number of hydrogen-bond donors (Lipinski definition) is 2. The van der Waals surface area contributed by atoms with Crippen LogP contribution in [0.5, 0.6) is 0 Å². The summed E-state index contributed by atoms with van der Waals surface area (Å²) in [6.45, 7) is 4.31. The first-order chi connectivity index (χ1) is 8.61. The minimum absolute atomic E-state index is 0.243. The van der Waals surface area contributed by atoms with E-state index >= 15 is 0 Å². The highest BCUT2D eigenvalue weighted by atomic mass is 32.1. The van der Waals surface area contributed by atoms with Crippen LogP contribution in [0, 0.1) is 5.82 Å². The predicted octanol–water partition coefficient (Wildman–Crippen LogP) is 4.08. The average molecular weight is 268 g/mol. The van der Waals surface area contributed by atoms with Gasteiger partial charge >= 0.3 is 0 Å². The van der Waals surface area contributed by atoms with E-state index in [0.29, 0.717) is 11.2 Å². The fourth-order valence-corrected chi connectivity index (χ4v) is 2.02. The lowest BCUT2D eigenvalue weighted by Crippen LogP contribution is -2.35. The Morgan fingerprint density at radius 3 is 2.56 bits per heavy atom. The molecule has 0 bridgehead atoms. The van der Waals surface area contributed by atoms with Gasteiger partial charge in [-0.1, -0.05) is 26.2 Å². The molecule has 2 nitrogen and oxygen atoms in total. The number of thiocarbonyl (C=S) groups is 1. The molecule has 1 aromatic carbocycles. The van der Waals surface area contributed by atoms with Crippen LogP contribution in [-0.4, -0.2) is 11.2 Å². The van der Waals surface area contributed by atoms with E-state index in [2.05, 4.69) is 24.5 Å². The summed E-state index contributed by atoms with van der Waals surface area (Å²) in [5.41, 5.74) is 0.801. The van der Waals surface area contributed by atoms with Crippen LogP contribution in [0.1, 0.15) is 39.5 Å². The van der Waals surface area contributed by atoms with Crippen molar-refractivity contribution in [3.8, 4) is 0 Å². The van der Waals surface area contributed by atoms with E-state index in [1.165, 1.54) is 31.4 Å². The van der Waals surface area contributed by atoms with Gasteiger partial charge in [-0.05, 0) is 49.8 Å². The van der Waals surface area contributed by atoms with E-state index in [-0.39, 0.29) is 5.82 Å². The molecule has 0 radical (unpaired) electrons. The van der Waals surface area contributed by atoms with Crippen LogP contribution in [0.4, 0.5) is 10.1 Å². The Balaban J connectivity index is 2.30. The molecule has 0 aliphatic heterocycles. The number of hydrogen-bond acceptors (Lipinski definition) is 1. The van der Waals surface area contributed by atoms with Crippen molar-refractivity contribution in [3.05, 3.63) is 30.1 Å². The van der Waals surface area contributed by atoms with Gasteiger partial charge in [-0.3, -0.25) is 0 Å². The molecule has 0 spiro atoms. The maximum atomic E-state index is 12.7. The van der Waals surface area contributed by atoms with Gasteiger partial charge in [0, 0.05) is 11.7 Å². The highest BCUT2D eigenvalue weighted by molar-refractivity contribution is 7.80. The molecule has 0 amide bonds. The van der Waals surface area contributed by atoms with Crippen LogP contribution in [0.2, 0.25) is 0 Å². The SMILES string of the molecule is CCCCCC(C)NC(=S)Nc1ccc(F)cc1. The Labute approximate surface area is 114 Å². The largest absolute Gasteiger partial charge is 0.360 e. The van der Waals surface area contributed by atoms with Gasteiger partial charge in [-0.25, -0.2) is 4.39 Å². The van der Waals surface area contributed by atoms with E-state index < -0.39 is 0 Å². The molecule has 4 heteroatoms. The van der Waals surface area contributed by atoms with Crippen molar-refractivity contribution in [1.29, 1.82) is 0 Å². The summed E-state index contributed by atoms with van der Waals surface area (Å²) >= 11 is 5.21. The topological polar surface area (TPSA) is 24.1 Å². The number of benzene rings is 1. The lowest BCUT2D eigenvalue weighted by Gasteiger charge is -2.16. The zero-order valence-corrected chi connectivity index (χ0v) is 11.8. The quantitative estimate of drug-likeness (QED) is 0.600. The molecule has 0 aliphatic carbocycles. The van der Waals surface area contributed by atoms with Crippen molar-refractivity contribution in [2.24, 2.45) is 0 Å². The fraction of sp³-hybridized carbons (Fsp3) is 0.500. The number of unbranched alkanes of at least 4 members (excludes halogenated alkanes) is 2. The van der Waals surface area contributed by atoms with Crippen LogP contribution in [-0.2, 0) is 0 Å². The molecule has 0 saturated carbocycles. The van der Waals surface area contributed by atoms with Crippen molar-refractivity contribution < 1.29 is 4.39 Å². The highest BCUT2D eigenvalue weighted by Crippen LogP contribution is 2.08. The summed E-state index contributed by atoms with van der Waals surface area (Å²) < 4.78 is 12.7. The third-order valence-corrected chi connectivity index (χ3v) is 2.94. The fourth-order valence-electron chi connectivity index (χ4n) is 1.70. The molecule has 2 N–H and O–H groups in total. The normalized spacial score (nSPS) is 11.9. The minimum Gasteiger partial charge on any atom is -0.360 e. The van der Waals surface area contributed by atoms with Gasteiger partial charge in [0.15, 0.2) is 5.11 Å². The summed E-state index contributed by atoms with van der Waals surface area (Å²) in [5.74, 6) is -0.243. The van der Waals surface area contributed by atoms with E-state index in [9.17, 15) is 4.39 Å². The van der Waals surface area contributed by atoms with Crippen LogP contribution in [0.25, 0.3) is 0 Å². The Bertz CT molecular complexity index is 365. The van der Waals surface area contributed by atoms with Gasteiger partial charge in [0.25, 0.3) is 0 Å². The van der Waals surface area contributed by atoms with Crippen molar-refractivity contribution >= 4 is 23.0 Å². The Kier molecular flexibility index (Phi) is 6.65. The molecule has 0 heterocycles. The smallest absolute Gasteiger partial charge is 0.170 e. The third kappa shape index (κ3) is 5.96. The Morgan fingerprint density at radius 1 is 1.28 bits per heavy atom. The van der Waals surface area contributed by atoms with Gasteiger partial charge in [0.05, 0.1) is 0 Å². The molecule has 100 valence electrons. The van der Waals surface area contributed by atoms with Crippen molar-refractivity contribution in [2.75, 3.05) is 5.32 Å². The number of anilines is 1. The number of rotatable bonds is 6. The van der Waals surface area contributed by atoms with E-state index in [1.807, 2.05) is 0 Å². The summed E-state index contributed by atoms with van der Waals surface area (Å²) in [7, 11) is 0. The molecular weight excluding hydrogens is 247 g/mol. The lowest BCUT2D eigenvalue weighted by molar-refractivity contribution is 0.556. The van der Waals surface area contributed by atoms with E-state index in [0.717, 1.165) is 12.1 Å². The van der Waals surface area contributed by atoms with Crippen molar-refractivity contribution in [1.82, 2.24) is 5.32 Å². The molecule has 0 saturated heterocycles. The van der Waals surface area contributed by atoms with E-state index in [1.54, 1.807) is 12.1 Å². The van der Waals surface area contributed by atoms with Gasteiger partial charge in [0.2, 0.25) is 0 Å². The van der Waals surface area contributed by atoms with Gasteiger partial charge < -0.3 is 10.6 Å². The average Bonchev–Trinajstić information content (AvgIpc) is 2.32. The zero-order valence-electron chi connectivity index (χ0n) is 11.0. The molecule has 1 unspecified atom stereocenters. The van der Waals surface area contributed by atoms with Gasteiger partial charge in [-0.15, -0.1) is 0 Å². The van der Waals surface area contributed by atoms with Crippen LogP contribution < -0.4 is 10.6 Å². The van der Waals surface area contributed by atoms with Crippen LogP contribution >= 0.6 is 12.2 Å².